The van der Waals surface area contributed by atoms with Gasteiger partial charge < -0.3 is 0 Å². The minimum absolute atomic E-state index is 0.0798. The molecule has 0 aromatic heterocycles. The summed E-state index contributed by atoms with van der Waals surface area (Å²) in [6.45, 7) is 5.27. The molecule has 1 aromatic rings. The standard InChI is InChI=1S/C11H14O3S/c1-10(2)9-15(12,13)14-8-11-6-4-3-5-7-11/h3-7H,1,8-9H2,2H3. The van der Waals surface area contributed by atoms with Crippen molar-refractivity contribution in [2.45, 2.75) is 13.5 Å². The lowest BCUT2D eigenvalue weighted by Crippen LogP contribution is -2.10. The van der Waals surface area contributed by atoms with E-state index in [9.17, 15) is 8.42 Å². The van der Waals surface area contributed by atoms with Crippen LogP contribution in [0.1, 0.15) is 12.5 Å². The molecule has 0 radical (unpaired) electrons. The Morgan fingerprint density at radius 3 is 2.47 bits per heavy atom. The summed E-state index contributed by atoms with van der Waals surface area (Å²) >= 11 is 0. The molecule has 0 aliphatic carbocycles. The van der Waals surface area contributed by atoms with Crippen LogP contribution >= 0.6 is 0 Å². The van der Waals surface area contributed by atoms with Gasteiger partial charge in [0.05, 0.1) is 12.4 Å². The number of hydrogen-bond acceptors (Lipinski definition) is 3. The minimum atomic E-state index is -3.48. The van der Waals surface area contributed by atoms with Crippen LogP contribution < -0.4 is 0 Å². The molecule has 0 amide bonds. The molecule has 0 aliphatic rings. The molecular formula is C11H14O3S. The van der Waals surface area contributed by atoms with E-state index >= 15 is 0 Å². The predicted octanol–water partition coefficient (Wildman–Crippen LogP) is 2.11. The number of benzene rings is 1. The van der Waals surface area contributed by atoms with Crippen molar-refractivity contribution in [3.63, 3.8) is 0 Å². The summed E-state index contributed by atoms with van der Waals surface area (Å²) in [5, 5.41) is 0. The third kappa shape index (κ3) is 4.76. The van der Waals surface area contributed by atoms with Crippen LogP contribution in [0.3, 0.4) is 0 Å². The van der Waals surface area contributed by atoms with Crippen LogP contribution in [-0.4, -0.2) is 14.2 Å². The summed E-state index contributed by atoms with van der Waals surface area (Å²) in [5.41, 5.74) is 1.41. The van der Waals surface area contributed by atoms with Gasteiger partial charge in [-0.1, -0.05) is 42.5 Å². The fourth-order valence-electron chi connectivity index (χ4n) is 1.08. The van der Waals surface area contributed by atoms with Crippen molar-refractivity contribution in [2.75, 3.05) is 5.75 Å². The molecule has 82 valence electrons. The van der Waals surface area contributed by atoms with E-state index in [2.05, 4.69) is 6.58 Å². The molecule has 0 saturated heterocycles. The molecule has 0 aliphatic heterocycles. The second kappa shape index (κ2) is 5.09. The fraction of sp³-hybridized carbons (Fsp3) is 0.273. The average Bonchev–Trinajstić information content (AvgIpc) is 2.15. The highest BCUT2D eigenvalue weighted by Crippen LogP contribution is 2.06. The number of rotatable bonds is 5. The first-order chi connectivity index (χ1) is 6.99. The molecular weight excluding hydrogens is 212 g/mol. The third-order valence-corrected chi connectivity index (χ3v) is 2.99. The monoisotopic (exact) mass is 226 g/mol. The van der Waals surface area contributed by atoms with Crippen LogP contribution in [0, 0.1) is 0 Å². The van der Waals surface area contributed by atoms with Crippen molar-refractivity contribution in [2.24, 2.45) is 0 Å². The van der Waals surface area contributed by atoms with E-state index in [0.717, 1.165) is 5.56 Å². The van der Waals surface area contributed by atoms with Gasteiger partial charge in [-0.3, -0.25) is 4.18 Å². The second-order valence-corrected chi connectivity index (χ2v) is 5.05. The van der Waals surface area contributed by atoms with Gasteiger partial charge in [0.1, 0.15) is 0 Å². The first kappa shape index (κ1) is 11.9. The lowest BCUT2D eigenvalue weighted by Gasteiger charge is -2.04. The smallest absolute Gasteiger partial charge is 0.265 e. The van der Waals surface area contributed by atoms with E-state index in [1.807, 2.05) is 30.3 Å². The van der Waals surface area contributed by atoms with Crippen LogP contribution in [-0.2, 0) is 20.9 Å². The van der Waals surface area contributed by atoms with Gasteiger partial charge in [-0.05, 0) is 12.5 Å². The Morgan fingerprint density at radius 1 is 1.33 bits per heavy atom. The van der Waals surface area contributed by atoms with Crippen molar-refractivity contribution >= 4 is 10.1 Å². The molecule has 0 saturated carbocycles. The van der Waals surface area contributed by atoms with Crippen molar-refractivity contribution in [1.29, 1.82) is 0 Å². The van der Waals surface area contributed by atoms with E-state index in [1.165, 1.54) is 0 Å². The van der Waals surface area contributed by atoms with Gasteiger partial charge in [-0.25, -0.2) is 0 Å². The molecule has 0 spiro atoms. The predicted molar refractivity (Wildman–Crippen MR) is 59.8 cm³/mol. The normalized spacial score (nSPS) is 11.3. The molecule has 0 N–H and O–H groups in total. The molecule has 4 heteroatoms. The molecule has 0 heterocycles. The largest absolute Gasteiger partial charge is 0.271 e. The van der Waals surface area contributed by atoms with E-state index in [0.29, 0.717) is 5.57 Å². The SMILES string of the molecule is C=C(C)CS(=O)(=O)OCc1ccccc1. The highest BCUT2D eigenvalue weighted by molar-refractivity contribution is 7.86. The fourth-order valence-corrected chi connectivity index (χ4v) is 2.08. The van der Waals surface area contributed by atoms with Gasteiger partial charge in [0, 0.05) is 0 Å². The Bertz CT molecular complexity index is 420. The quantitative estimate of drug-likeness (QED) is 0.570. The Labute approximate surface area is 90.5 Å². The maximum Gasteiger partial charge on any atom is 0.271 e. The molecule has 0 atom stereocenters. The first-order valence-electron chi connectivity index (χ1n) is 4.55. The summed E-state index contributed by atoms with van der Waals surface area (Å²) in [6.07, 6.45) is 0. The molecule has 0 fully saturated rings. The minimum Gasteiger partial charge on any atom is -0.265 e. The lowest BCUT2D eigenvalue weighted by atomic mass is 10.2. The van der Waals surface area contributed by atoms with E-state index in [-0.39, 0.29) is 12.4 Å². The van der Waals surface area contributed by atoms with E-state index < -0.39 is 10.1 Å². The van der Waals surface area contributed by atoms with Crippen LogP contribution in [0.15, 0.2) is 42.5 Å². The topological polar surface area (TPSA) is 43.4 Å². The number of hydrogen-bond donors (Lipinski definition) is 0. The molecule has 15 heavy (non-hydrogen) atoms. The van der Waals surface area contributed by atoms with Gasteiger partial charge in [-0.2, -0.15) is 8.42 Å². The summed E-state index contributed by atoms with van der Waals surface area (Å²) in [6, 6.07) is 9.17. The van der Waals surface area contributed by atoms with Gasteiger partial charge in [-0.15, -0.1) is 0 Å². The average molecular weight is 226 g/mol. The summed E-state index contributed by atoms with van der Waals surface area (Å²) in [7, 11) is -3.48. The zero-order valence-corrected chi connectivity index (χ0v) is 9.46. The molecule has 3 nitrogen and oxygen atoms in total. The summed E-state index contributed by atoms with van der Waals surface area (Å²) in [4.78, 5) is 0. The summed E-state index contributed by atoms with van der Waals surface area (Å²) < 4.78 is 27.5. The van der Waals surface area contributed by atoms with Crippen molar-refractivity contribution in [3.8, 4) is 0 Å². The second-order valence-electron chi connectivity index (χ2n) is 3.41. The van der Waals surface area contributed by atoms with Gasteiger partial charge >= 0.3 is 0 Å². The molecule has 1 aromatic carbocycles. The first-order valence-corrected chi connectivity index (χ1v) is 6.13. The maximum absolute atomic E-state index is 11.3. The zero-order chi connectivity index (χ0) is 11.3. The van der Waals surface area contributed by atoms with Crippen molar-refractivity contribution < 1.29 is 12.6 Å². The highest BCUT2D eigenvalue weighted by atomic mass is 32.2. The maximum atomic E-state index is 11.3. The van der Waals surface area contributed by atoms with Gasteiger partial charge in [0.25, 0.3) is 10.1 Å². The lowest BCUT2D eigenvalue weighted by molar-refractivity contribution is 0.309. The third-order valence-electron chi connectivity index (χ3n) is 1.67. The molecule has 0 unspecified atom stereocenters. The van der Waals surface area contributed by atoms with Crippen LogP contribution in [0.5, 0.6) is 0 Å². The Hall–Kier alpha value is -1.13. The van der Waals surface area contributed by atoms with Crippen LogP contribution in [0.4, 0.5) is 0 Å². The molecule has 0 bridgehead atoms. The Balaban J connectivity index is 2.54. The van der Waals surface area contributed by atoms with E-state index in [4.69, 9.17) is 4.18 Å². The zero-order valence-electron chi connectivity index (χ0n) is 8.64. The Kier molecular flexibility index (Phi) is 4.05. The van der Waals surface area contributed by atoms with Crippen LogP contribution in [0.25, 0.3) is 0 Å². The van der Waals surface area contributed by atoms with E-state index in [1.54, 1.807) is 6.92 Å². The molecule has 1 rings (SSSR count). The van der Waals surface area contributed by atoms with Crippen molar-refractivity contribution in [1.82, 2.24) is 0 Å². The summed E-state index contributed by atoms with van der Waals surface area (Å²) in [5.74, 6) is -0.125. The Morgan fingerprint density at radius 2 is 1.93 bits per heavy atom. The van der Waals surface area contributed by atoms with Gasteiger partial charge in [0.15, 0.2) is 0 Å². The van der Waals surface area contributed by atoms with Crippen LogP contribution in [0.2, 0.25) is 0 Å². The van der Waals surface area contributed by atoms with Crippen molar-refractivity contribution in [3.05, 3.63) is 48.0 Å². The highest BCUT2D eigenvalue weighted by Gasteiger charge is 2.11. The van der Waals surface area contributed by atoms with Gasteiger partial charge in [0.2, 0.25) is 0 Å².